The third-order valence-electron chi connectivity index (χ3n) is 5.76. The first-order valence-electron chi connectivity index (χ1n) is 8.60. The molecule has 5 rings (SSSR count). The van der Waals surface area contributed by atoms with E-state index in [9.17, 15) is 4.79 Å². The van der Waals surface area contributed by atoms with Crippen molar-refractivity contribution in [2.24, 2.45) is 11.8 Å². The van der Waals surface area contributed by atoms with Crippen molar-refractivity contribution in [3.63, 3.8) is 0 Å². The van der Waals surface area contributed by atoms with Gasteiger partial charge < -0.3 is 9.47 Å². The Morgan fingerprint density at radius 3 is 2.16 bits per heavy atom. The standard InChI is InChI=1S/C20H16I2O3/c21-11-5-7-15-17(9-11)24-18-10-12(22)6-8-16(18)20(15)14-4-2-1-3-13(14)19(23)25-20/h5-10,13-14H,1-4H2. The molecule has 0 aromatic heterocycles. The Kier molecular flexibility index (Phi) is 3.82. The molecule has 2 fully saturated rings. The van der Waals surface area contributed by atoms with E-state index in [0.717, 1.165) is 55.4 Å². The largest absolute Gasteiger partial charge is 0.456 e. The van der Waals surface area contributed by atoms with Gasteiger partial charge >= 0.3 is 5.97 Å². The third-order valence-corrected chi connectivity index (χ3v) is 7.10. The highest BCUT2D eigenvalue weighted by molar-refractivity contribution is 14.1. The van der Waals surface area contributed by atoms with Crippen LogP contribution < -0.4 is 4.74 Å². The molecule has 1 aliphatic carbocycles. The average Bonchev–Trinajstić information content (AvgIpc) is 2.88. The van der Waals surface area contributed by atoms with Gasteiger partial charge in [-0.2, -0.15) is 0 Å². The lowest BCUT2D eigenvalue weighted by molar-refractivity contribution is -0.149. The second kappa shape index (κ2) is 5.84. The molecule has 25 heavy (non-hydrogen) atoms. The Hall–Kier alpha value is -0.830. The van der Waals surface area contributed by atoms with E-state index < -0.39 is 5.60 Å². The van der Waals surface area contributed by atoms with Crippen LogP contribution in [0.1, 0.15) is 36.8 Å². The lowest BCUT2D eigenvalue weighted by atomic mass is 9.66. The first-order chi connectivity index (χ1) is 12.1. The average molecular weight is 558 g/mol. The number of carbonyl (C=O) groups excluding carboxylic acids is 1. The molecule has 1 spiro atoms. The minimum Gasteiger partial charge on any atom is -0.456 e. The quantitative estimate of drug-likeness (QED) is 0.312. The van der Waals surface area contributed by atoms with Crippen molar-refractivity contribution in [3.05, 3.63) is 54.7 Å². The Balaban J connectivity index is 1.80. The number of hydrogen-bond acceptors (Lipinski definition) is 3. The van der Waals surface area contributed by atoms with Gasteiger partial charge in [-0.25, -0.2) is 0 Å². The molecule has 0 bridgehead atoms. The number of carbonyl (C=O) groups is 1. The van der Waals surface area contributed by atoms with E-state index in [1.54, 1.807) is 0 Å². The molecule has 3 aliphatic rings. The minimum absolute atomic E-state index is 0.00565. The summed E-state index contributed by atoms with van der Waals surface area (Å²) >= 11 is 4.59. The second-order valence-electron chi connectivity index (χ2n) is 7.04. The molecule has 2 aliphatic heterocycles. The predicted octanol–water partition coefficient (Wildman–Crippen LogP) is 5.61. The molecule has 0 N–H and O–H groups in total. The first-order valence-corrected chi connectivity index (χ1v) is 10.8. The molecule has 2 unspecified atom stereocenters. The van der Waals surface area contributed by atoms with Crippen molar-refractivity contribution >= 4 is 51.2 Å². The van der Waals surface area contributed by atoms with Gasteiger partial charge in [0.1, 0.15) is 11.5 Å². The van der Waals surface area contributed by atoms with Gasteiger partial charge in [0.2, 0.25) is 0 Å². The van der Waals surface area contributed by atoms with Crippen molar-refractivity contribution in [2.45, 2.75) is 31.3 Å². The van der Waals surface area contributed by atoms with E-state index >= 15 is 0 Å². The van der Waals surface area contributed by atoms with Crippen LogP contribution in [0.25, 0.3) is 0 Å². The molecule has 0 amide bonds. The summed E-state index contributed by atoms with van der Waals surface area (Å²) in [4.78, 5) is 12.8. The molecule has 3 nitrogen and oxygen atoms in total. The lowest BCUT2D eigenvalue weighted by Gasteiger charge is -2.41. The van der Waals surface area contributed by atoms with Crippen molar-refractivity contribution in [3.8, 4) is 11.5 Å². The van der Waals surface area contributed by atoms with Crippen LogP contribution >= 0.6 is 45.2 Å². The fraction of sp³-hybridized carbons (Fsp3) is 0.350. The zero-order valence-corrected chi connectivity index (χ0v) is 17.7. The molecule has 2 aromatic carbocycles. The van der Waals surface area contributed by atoms with E-state index in [2.05, 4.69) is 69.4 Å². The van der Waals surface area contributed by atoms with E-state index in [1.165, 1.54) is 0 Å². The maximum Gasteiger partial charge on any atom is 0.310 e. The van der Waals surface area contributed by atoms with Gasteiger partial charge in [-0.3, -0.25) is 4.79 Å². The van der Waals surface area contributed by atoms with Gasteiger partial charge in [0, 0.05) is 24.2 Å². The molecule has 2 heterocycles. The number of benzene rings is 2. The molecule has 2 aromatic rings. The molecular formula is C20H16I2O3. The van der Waals surface area contributed by atoms with Crippen molar-refractivity contribution in [1.29, 1.82) is 0 Å². The zero-order chi connectivity index (χ0) is 17.2. The van der Waals surface area contributed by atoms with Crippen molar-refractivity contribution in [1.82, 2.24) is 0 Å². The number of ether oxygens (including phenoxy) is 2. The normalized spacial score (nSPS) is 25.6. The van der Waals surface area contributed by atoms with Gasteiger partial charge in [-0.1, -0.05) is 12.8 Å². The summed E-state index contributed by atoms with van der Waals surface area (Å²) in [5.74, 6) is 1.79. The Labute approximate surface area is 173 Å². The molecule has 5 heteroatoms. The fourth-order valence-corrected chi connectivity index (χ4v) is 5.68. The monoisotopic (exact) mass is 558 g/mol. The third kappa shape index (κ3) is 2.30. The summed E-state index contributed by atoms with van der Waals surface area (Å²) in [6.45, 7) is 0. The highest BCUT2D eigenvalue weighted by atomic mass is 127. The first kappa shape index (κ1) is 16.4. The molecule has 2 atom stereocenters. The van der Waals surface area contributed by atoms with Gasteiger partial charge in [0.25, 0.3) is 0 Å². The van der Waals surface area contributed by atoms with Crippen LogP contribution in [0, 0.1) is 19.0 Å². The van der Waals surface area contributed by atoms with E-state index in [4.69, 9.17) is 9.47 Å². The highest BCUT2D eigenvalue weighted by Gasteiger charge is 2.61. The van der Waals surface area contributed by atoms with E-state index in [1.807, 2.05) is 12.1 Å². The molecule has 0 radical (unpaired) electrons. The number of hydrogen-bond donors (Lipinski definition) is 0. The summed E-state index contributed by atoms with van der Waals surface area (Å²) in [6, 6.07) is 12.4. The number of esters is 1. The van der Waals surface area contributed by atoms with Gasteiger partial charge in [-0.15, -0.1) is 0 Å². The van der Waals surface area contributed by atoms with E-state index in [-0.39, 0.29) is 17.8 Å². The van der Waals surface area contributed by atoms with Crippen LogP contribution in [0.15, 0.2) is 36.4 Å². The van der Waals surface area contributed by atoms with Crippen LogP contribution in [-0.2, 0) is 15.1 Å². The molecular weight excluding hydrogens is 542 g/mol. The molecule has 128 valence electrons. The topological polar surface area (TPSA) is 35.5 Å². The Bertz CT molecular complexity index is 841. The number of fused-ring (bicyclic) bond motifs is 6. The number of rotatable bonds is 0. The van der Waals surface area contributed by atoms with Crippen LogP contribution in [0.2, 0.25) is 0 Å². The Morgan fingerprint density at radius 2 is 1.52 bits per heavy atom. The van der Waals surface area contributed by atoms with Crippen LogP contribution in [-0.4, -0.2) is 5.97 Å². The Morgan fingerprint density at radius 1 is 0.920 bits per heavy atom. The van der Waals surface area contributed by atoms with Crippen LogP contribution in [0.5, 0.6) is 11.5 Å². The summed E-state index contributed by atoms with van der Waals surface area (Å²) in [6.07, 6.45) is 4.22. The maximum absolute atomic E-state index is 12.8. The smallest absolute Gasteiger partial charge is 0.310 e. The number of halogens is 2. The van der Waals surface area contributed by atoms with E-state index in [0.29, 0.717) is 0 Å². The maximum atomic E-state index is 12.8. The van der Waals surface area contributed by atoms with Crippen LogP contribution in [0.3, 0.4) is 0 Å². The van der Waals surface area contributed by atoms with Crippen LogP contribution in [0.4, 0.5) is 0 Å². The summed E-state index contributed by atoms with van der Waals surface area (Å²) in [5.41, 5.74) is 1.31. The summed E-state index contributed by atoms with van der Waals surface area (Å²) < 4.78 is 14.7. The van der Waals surface area contributed by atoms with Gasteiger partial charge in [-0.05, 0) is 94.4 Å². The summed E-state index contributed by atoms with van der Waals surface area (Å²) in [5, 5.41) is 0. The SMILES string of the molecule is O=C1OC2(c3ccc(I)cc3Oc3cc(I)ccc32)C2CCCCC12. The molecule has 1 saturated heterocycles. The lowest BCUT2D eigenvalue weighted by Crippen LogP contribution is -2.39. The van der Waals surface area contributed by atoms with Gasteiger partial charge in [0.15, 0.2) is 5.60 Å². The van der Waals surface area contributed by atoms with Crippen molar-refractivity contribution in [2.75, 3.05) is 0 Å². The van der Waals surface area contributed by atoms with Crippen molar-refractivity contribution < 1.29 is 14.3 Å². The highest BCUT2D eigenvalue weighted by Crippen LogP contribution is 2.60. The second-order valence-corrected chi connectivity index (χ2v) is 9.53. The summed E-state index contributed by atoms with van der Waals surface area (Å²) in [7, 11) is 0. The fourth-order valence-electron chi connectivity index (χ4n) is 4.76. The van der Waals surface area contributed by atoms with Gasteiger partial charge in [0.05, 0.1) is 5.92 Å². The predicted molar refractivity (Wildman–Crippen MR) is 111 cm³/mol. The minimum atomic E-state index is -0.695. The zero-order valence-electron chi connectivity index (χ0n) is 13.4. The molecule has 1 saturated carbocycles.